The molecule has 0 amide bonds. The Balaban J connectivity index is 2.93. The number of rotatable bonds is 5. The quantitative estimate of drug-likeness (QED) is 0.831. The van der Waals surface area contributed by atoms with E-state index >= 15 is 0 Å². The second-order valence-electron chi connectivity index (χ2n) is 3.59. The molecule has 0 aliphatic rings. The van der Waals surface area contributed by atoms with E-state index in [9.17, 15) is 8.42 Å². The van der Waals surface area contributed by atoms with Crippen molar-refractivity contribution in [1.29, 1.82) is 0 Å². The minimum atomic E-state index is -3.07. The van der Waals surface area contributed by atoms with Gasteiger partial charge in [-0.15, -0.1) is 0 Å². The van der Waals surface area contributed by atoms with Crippen LogP contribution in [0.2, 0.25) is 0 Å². The van der Waals surface area contributed by atoms with Crippen molar-refractivity contribution >= 4 is 9.84 Å². The molecule has 0 aromatic carbocycles. The molecule has 0 radical (unpaired) electrons. The van der Waals surface area contributed by atoms with E-state index in [1.165, 1.54) is 6.26 Å². The van der Waals surface area contributed by atoms with Gasteiger partial charge in [0.25, 0.3) is 0 Å². The van der Waals surface area contributed by atoms with Crippen LogP contribution >= 0.6 is 0 Å². The molecule has 1 aromatic rings. The molecule has 0 aliphatic carbocycles. The average molecular weight is 231 g/mol. The zero-order chi connectivity index (χ0) is 11.5. The first-order valence-electron chi connectivity index (χ1n) is 4.92. The van der Waals surface area contributed by atoms with Gasteiger partial charge in [-0.05, 0) is 25.6 Å². The topological polar surface area (TPSA) is 59.3 Å². The van der Waals surface area contributed by atoms with Gasteiger partial charge in [-0.25, -0.2) is 8.42 Å². The SMILES string of the molecule is CCNC(c1ccco1)C(C)S(C)(=O)=O. The Morgan fingerprint density at radius 1 is 1.53 bits per heavy atom. The third kappa shape index (κ3) is 3.07. The molecule has 1 N–H and O–H groups in total. The van der Waals surface area contributed by atoms with Crippen molar-refractivity contribution in [3.8, 4) is 0 Å². The van der Waals surface area contributed by atoms with Crippen LogP contribution in [-0.2, 0) is 9.84 Å². The van der Waals surface area contributed by atoms with Crippen LogP contribution < -0.4 is 5.32 Å². The molecule has 86 valence electrons. The highest BCUT2D eigenvalue weighted by Crippen LogP contribution is 2.21. The Labute approximate surface area is 90.6 Å². The van der Waals surface area contributed by atoms with Crippen LogP contribution in [0.25, 0.3) is 0 Å². The van der Waals surface area contributed by atoms with Gasteiger partial charge in [0.2, 0.25) is 0 Å². The molecule has 2 unspecified atom stereocenters. The van der Waals surface area contributed by atoms with Crippen LogP contribution in [0, 0.1) is 0 Å². The van der Waals surface area contributed by atoms with Crippen molar-refractivity contribution in [3.05, 3.63) is 24.2 Å². The summed E-state index contributed by atoms with van der Waals surface area (Å²) < 4.78 is 28.2. The summed E-state index contributed by atoms with van der Waals surface area (Å²) in [6.45, 7) is 4.32. The van der Waals surface area contributed by atoms with Gasteiger partial charge in [0.1, 0.15) is 5.76 Å². The highest BCUT2D eigenvalue weighted by molar-refractivity contribution is 7.91. The Morgan fingerprint density at radius 3 is 2.60 bits per heavy atom. The molecule has 5 heteroatoms. The molecule has 0 aliphatic heterocycles. The molecule has 15 heavy (non-hydrogen) atoms. The Hall–Kier alpha value is -0.810. The minimum Gasteiger partial charge on any atom is -0.468 e. The van der Waals surface area contributed by atoms with Crippen LogP contribution in [0.1, 0.15) is 25.6 Å². The van der Waals surface area contributed by atoms with E-state index < -0.39 is 15.1 Å². The smallest absolute Gasteiger partial charge is 0.152 e. The van der Waals surface area contributed by atoms with Crippen LogP contribution in [0.5, 0.6) is 0 Å². The monoisotopic (exact) mass is 231 g/mol. The van der Waals surface area contributed by atoms with Crippen molar-refractivity contribution in [2.75, 3.05) is 12.8 Å². The summed E-state index contributed by atoms with van der Waals surface area (Å²) in [4.78, 5) is 0. The zero-order valence-corrected chi connectivity index (χ0v) is 10.0. The Morgan fingerprint density at radius 2 is 2.20 bits per heavy atom. The van der Waals surface area contributed by atoms with Crippen molar-refractivity contribution in [2.45, 2.75) is 25.1 Å². The van der Waals surface area contributed by atoms with E-state index in [-0.39, 0.29) is 6.04 Å². The van der Waals surface area contributed by atoms with E-state index in [0.717, 1.165) is 0 Å². The van der Waals surface area contributed by atoms with E-state index in [2.05, 4.69) is 5.32 Å². The predicted octanol–water partition coefficient (Wildman–Crippen LogP) is 1.36. The maximum Gasteiger partial charge on any atom is 0.152 e. The summed E-state index contributed by atoms with van der Waals surface area (Å²) in [6.07, 6.45) is 2.79. The van der Waals surface area contributed by atoms with Crippen molar-refractivity contribution in [1.82, 2.24) is 5.32 Å². The second-order valence-corrected chi connectivity index (χ2v) is 5.99. The van der Waals surface area contributed by atoms with Crippen molar-refractivity contribution < 1.29 is 12.8 Å². The van der Waals surface area contributed by atoms with E-state index in [1.807, 2.05) is 6.92 Å². The molecule has 1 rings (SSSR count). The van der Waals surface area contributed by atoms with Gasteiger partial charge < -0.3 is 9.73 Å². The molecular formula is C10H17NO3S. The van der Waals surface area contributed by atoms with E-state index in [4.69, 9.17) is 4.42 Å². The number of nitrogens with one attached hydrogen (secondary N) is 1. The Kier molecular flexibility index (Phi) is 3.93. The molecule has 0 saturated heterocycles. The minimum absolute atomic E-state index is 0.278. The first kappa shape index (κ1) is 12.3. The largest absolute Gasteiger partial charge is 0.468 e. The van der Waals surface area contributed by atoms with Crippen molar-refractivity contribution in [2.24, 2.45) is 0 Å². The normalized spacial score (nSPS) is 16.2. The van der Waals surface area contributed by atoms with Crippen LogP contribution in [0.4, 0.5) is 0 Å². The van der Waals surface area contributed by atoms with E-state index in [1.54, 1.807) is 25.3 Å². The maximum absolute atomic E-state index is 11.5. The first-order chi connectivity index (χ1) is 6.96. The fourth-order valence-electron chi connectivity index (χ4n) is 1.43. The maximum atomic E-state index is 11.5. The summed E-state index contributed by atoms with van der Waals surface area (Å²) in [5.74, 6) is 0.662. The van der Waals surface area contributed by atoms with Crippen LogP contribution in [-0.4, -0.2) is 26.5 Å². The summed E-state index contributed by atoms with van der Waals surface area (Å²) in [5, 5.41) is 2.62. The molecule has 0 saturated carbocycles. The lowest BCUT2D eigenvalue weighted by molar-refractivity contribution is 0.408. The number of hydrogen-bond acceptors (Lipinski definition) is 4. The highest BCUT2D eigenvalue weighted by Gasteiger charge is 2.28. The van der Waals surface area contributed by atoms with Crippen LogP contribution in [0.15, 0.2) is 22.8 Å². The van der Waals surface area contributed by atoms with Gasteiger partial charge in [-0.2, -0.15) is 0 Å². The molecule has 0 bridgehead atoms. The lowest BCUT2D eigenvalue weighted by atomic mass is 10.1. The fraction of sp³-hybridized carbons (Fsp3) is 0.600. The first-order valence-corrected chi connectivity index (χ1v) is 6.88. The number of furan rings is 1. The summed E-state index contributed by atoms with van der Waals surface area (Å²) in [6, 6.07) is 3.27. The number of hydrogen-bond donors (Lipinski definition) is 1. The van der Waals surface area contributed by atoms with Gasteiger partial charge in [-0.3, -0.25) is 0 Å². The summed E-state index contributed by atoms with van der Waals surface area (Å²) in [7, 11) is -3.07. The average Bonchev–Trinajstić information content (AvgIpc) is 2.64. The third-order valence-corrected chi connectivity index (χ3v) is 4.04. The van der Waals surface area contributed by atoms with Gasteiger partial charge in [0.15, 0.2) is 9.84 Å². The third-order valence-electron chi connectivity index (χ3n) is 2.42. The van der Waals surface area contributed by atoms with E-state index in [0.29, 0.717) is 12.3 Å². The van der Waals surface area contributed by atoms with Crippen LogP contribution in [0.3, 0.4) is 0 Å². The fourth-order valence-corrected chi connectivity index (χ4v) is 2.16. The molecule has 1 aromatic heterocycles. The number of sulfone groups is 1. The summed E-state index contributed by atoms with van der Waals surface area (Å²) >= 11 is 0. The molecule has 2 atom stereocenters. The molecule has 0 spiro atoms. The Bertz CT molecular complexity index is 383. The lowest BCUT2D eigenvalue weighted by Crippen LogP contribution is -2.34. The lowest BCUT2D eigenvalue weighted by Gasteiger charge is -2.21. The predicted molar refractivity (Wildman–Crippen MR) is 59.4 cm³/mol. The van der Waals surface area contributed by atoms with Gasteiger partial charge >= 0.3 is 0 Å². The molecular weight excluding hydrogens is 214 g/mol. The zero-order valence-electron chi connectivity index (χ0n) is 9.23. The van der Waals surface area contributed by atoms with Gasteiger partial charge in [0, 0.05) is 6.26 Å². The standard InChI is InChI=1S/C10H17NO3S/c1-4-11-10(8(2)15(3,12)13)9-6-5-7-14-9/h5-8,10-11H,4H2,1-3H3. The molecule has 4 nitrogen and oxygen atoms in total. The van der Waals surface area contributed by atoms with Gasteiger partial charge in [-0.1, -0.05) is 6.92 Å². The molecule has 0 fully saturated rings. The second kappa shape index (κ2) is 4.81. The highest BCUT2D eigenvalue weighted by atomic mass is 32.2. The summed E-state index contributed by atoms with van der Waals surface area (Å²) in [5.41, 5.74) is 0. The molecule has 1 heterocycles. The van der Waals surface area contributed by atoms with Gasteiger partial charge in [0.05, 0.1) is 17.6 Å². The van der Waals surface area contributed by atoms with Crippen molar-refractivity contribution in [3.63, 3.8) is 0 Å².